The van der Waals surface area contributed by atoms with Gasteiger partial charge in [-0.05, 0) is 31.5 Å². The van der Waals surface area contributed by atoms with Crippen LogP contribution >= 0.6 is 0 Å². The van der Waals surface area contributed by atoms with Crippen LogP contribution in [0.5, 0.6) is 0 Å². The molecule has 1 amide bonds. The number of nitrogens with zero attached hydrogens (tertiary/aromatic N) is 2. The summed E-state index contributed by atoms with van der Waals surface area (Å²) in [7, 11) is 0. The highest BCUT2D eigenvalue weighted by Gasteiger charge is 2.46. The molecule has 0 bridgehead atoms. The Labute approximate surface area is 146 Å². The molecule has 1 atom stereocenters. The van der Waals surface area contributed by atoms with Crippen molar-refractivity contribution in [2.45, 2.75) is 37.8 Å². The van der Waals surface area contributed by atoms with Crippen LogP contribution in [-0.4, -0.2) is 60.2 Å². The molecule has 0 saturated carbocycles. The number of likely N-dealkylation sites (tertiary alicyclic amines) is 2. The number of furan rings is 1. The summed E-state index contributed by atoms with van der Waals surface area (Å²) in [6.45, 7) is 4.11. The molecular formula is C18H24N2O5. The molecule has 4 rings (SSSR count). The topological polar surface area (TPSA) is 72.2 Å². The van der Waals surface area contributed by atoms with Crippen LogP contribution in [-0.2, 0) is 20.8 Å². The molecule has 136 valence electrons. The zero-order valence-corrected chi connectivity index (χ0v) is 14.3. The van der Waals surface area contributed by atoms with E-state index in [9.17, 15) is 9.59 Å². The first-order valence-corrected chi connectivity index (χ1v) is 9.03. The van der Waals surface area contributed by atoms with Gasteiger partial charge >= 0.3 is 6.16 Å². The monoisotopic (exact) mass is 348 g/mol. The Bertz CT molecular complexity index is 621. The predicted molar refractivity (Wildman–Crippen MR) is 87.7 cm³/mol. The van der Waals surface area contributed by atoms with Crippen molar-refractivity contribution in [1.82, 2.24) is 9.80 Å². The van der Waals surface area contributed by atoms with Crippen LogP contribution < -0.4 is 0 Å². The first kappa shape index (κ1) is 16.4. The lowest BCUT2D eigenvalue weighted by Gasteiger charge is -2.39. The van der Waals surface area contributed by atoms with Gasteiger partial charge in [0.05, 0.1) is 18.7 Å². The highest BCUT2D eigenvalue weighted by molar-refractivity contribution is 5.79. The summed E-state index contributed by atoms with van der Waals surface area (Å²) in [4.78, 5) is 28.3. The van der Waals surface area contributed by atoms with Gasteiger partial charge in [0.2, 0.25) is 5.91 Å². The predicted octanol–water partition coefficient (Wildman–Crippen LogP) is 2.02. The second-order valence-electron chi connectivity index (χ2n) is 7.30. The second-order valence-corrected chi connectivity index (χ2v) is 7.30. The van der Waals surface area contributed by atoms with Crippen molar-refractivity contribution in [3.63, 3.8) is 0 Å². The standard InChI is InChI=1S/C18H24N2O5/c21-16(20-8-5-18(6-9-20)13-24-17(22)25-18)14-3-1-7-19(11-14)12-15-4-2-10-23-15/h2,4,10,14H,1,3,5-9,11-13H2/t14-/m0/s1. The average molecular weight is 348 g/mol. The lowest BCUT2D eigenvalue weighted by molar-refractivity contribution is -0.141. The number of carbonyl (C=O) groups excluding carboxylic acids is 2. The lowest BCUT2D eigenvalue weighted by atomic mass is 9.90. The number of piperidine rings is 2. The van der Waals surface area contributed by atoms with Crippen molar-refractivity contribution < 1.29 is 23.5 Å². The van der Waals surface area contributed by atoms with Crippen LogP contribution in [0.15, 0.2) is 22.8 Å². The average Bonchev–Trinajstić information content (AvgIpc) is 3.26. The number of hydrogen-bond donors (Lipinski definition) is 0. The molecule has 0 unspecified atom stereocenters. The highest BCUT2D eigenvalue weighted by atomic mass is 16.8. The van der Waals surface area contributed by atoms with Crippen LogP contribution in [0.3, 0.4) is 0 Å². The van der Waals surface area contributed by atoms with E-state index in [4.69, 9.17) is 13.9 Å². The maximum atomic E-state index is 12.9. The normalized spacial score (nSPS) is 26.5. The van der Waals surface area contributed by atoms with E-state index in [1.165, 1.54) is 0 Å². The Morgan fingerprint density at radius 3 is 2.80 bits per heavy atom. The van der Waals surface area contributed by atoms with Crippen molar-refractivity contribution in [2.75, 3.05) is 32.8 Å². The zero-order valence-electron chi connectivity index (χ0n) is 14.3. The van der Waals surface area contributed by atoms with Gasteiger partial charge in [-0.3, -0.25) is 9.69 Å². The van der Waals surface area contributed by atoms with Crippen molar-refractivity contribution >= 4 is 12.1 Å². The molecule has 3 aliphatic rings. The van der Waals surface area contributed by atoms with Gasteiger partial charge in [0.1, 0.15) is 12.4 Å². The molecule has 3 fully saturated rings. The summed E-state index contributed by atoms with van der Waals surface area (Å²) < 4.78 is 15.7. The van der Waals surface area contributed by atoms with Gasteiger partial charge in [0, 0.05) is 32.5 Å². The molecule has 25 heavy (non-hydrogen) atoms. The molecule has 4 heterocycles. The number of cyclic esters (lactones) is 1. The molecular weight excluding hydrogens is 324 g/mol. The highest BCUT2D eigenvalue weighted by Crippen LogP contribution is 2.32. The minimum atomic E-state index is -0.583. The maximum Gasteiger partial charge on any atom is 0.509 e. The van der Waals surface area contributed by atoms with Gasteiger partial charge in [-0.25, -0.2) is 4.79 Å². The van der Waals surface area contributed by atoms with E-state index in [2.05, 4.69) is 4.90 Å². The summed E-state index contributed by atoms with van der Waals surface area (Å²) >= 11 is 0. The summed E-state index contributed by atoms with van der Waals surface area (Å²) in [6, 6.07) is 3.87. The third-order valence-electron chi connectivity index (χ3n) is 5.55. The molecule has 1 aromatic rings. The minimum absolute atomic E-state index is 0.0418. The Kier molecular flexibility index (Phi) is 4.41. The van der Waals surface area contributed by atoms with E-state index in [1.54, 1.807) is 6.26 Å². The van der Waals surface area contributed by atoms with E-state index in [1.807, 2.05) is 17.0 Å². The van der Waals surface area contributed by atoms with Crippen molar-refractivity contribution in [3.8, 4) is 0 Å². The summed E-state index contributed by atoms with van der Waals surface area (Å²) in [5.41, 5.74) is -0.508. The van der Waals surface area contributed by atoms with Crippen LogP contribution in [0.25, 0.3) is 0 Å². The van der Waals surface area contributed by atoms with Crippen LogP contribution in [0.1, 0.15) is 31.4 Å². The SMILES string of the molecule is O=C1OCC2(CCN(C(=O)[C@H]3CCCN(Cc4ccco4)C3)CC2)O1. The molecule has 3 saturated heterocycles. The van der Waals surface area contributed by atoms with Crippen LogP contribution in [0.4, 0.5) is 4.79 Å². The number of carbonyl (C=O) groups is 2. The fourth-order valence-corrected chi connectivity index (χ4v) is 4.09. The van der Waals surface area contributed by atoms with E-state index >= 15 is 0 Å². The smallest absolute Gasteiger partial charge is 0.468 e. The Morgan fingerprint density at radius 1 is 1.28 bits per heavy atom. The summed E-state index contributed by atoms with van der Waals surface area (Å²) in [6.07, 6.45) is 4.39. The van der Waals surface area contributed by atoms with Gasteiger partial charge in [0.25, 0.3) is 0 Å². The van der Waals surface area contributed by atoms with Crippen LogP contribution in [0, 0.1) is 5.92 Å². The summed E-state index contributed by atoms with van der Waals surface area (Å²) in [5, 5.41) is 0. The van der Waals surface area contributed by atoms with Gasteiger partial charge in [0.15, 0.2) is 5.60 Å². The van der Waals surface area contributed by atoms with E-state index < -0.39 is 11.8 Å². The first-order valence-electron chi connectivity index (χ1n) is 9.03. The molecule has 0 aliphatic carbocycles. The maximum absolute atomic E-state index is 12.9. The molecule has 0 N–H and O–H groups in total. The Morgan fingerprint density at radius 2 is 2.12 bits per heavy atom. The zero-order chi connectivity index (χ0) is 17.3. The van der Waals surface area contributed by atoms with Crippen molar-refractivity contribution in [2.24, 2.45) is 5.92 Å². The number of ether oxygens (including phenoxy) is 2. The molecule has 1 spiro atoms. The fourth-order valence-electron chi connectivity index (χ4n) is 4.09. The van der Waals surface area contributed by atoms with E-state index in [0.29, 0.717) is 32.5 Å². The number of hydrogen-bond acceptors (Lipinski definition) is 6. The van der Waals surface area contributed by atoms with Gasteiger partial charge in [-0.2, -0.15) is 0 Å². The Hall–Kier alpha value is -2.02. The number of rotatable bonds is 3. The molecule has 7 heteroatoms. The molecule has 1 aromatic heterocycles. The second kappa shape index (κ2) is 6.71. The lowest BCUT2D eigenvalue weighted by Crippen LogP contribution is -2.51. The van der Waals surface area contributed by atoms with E-state index in [0.717, 1.165) is 38.2 Å². The Balaban J connectivity index is 1.31. The van der Waals surface area contributed by atoms with Crippen molar-refractivity contribution in [3.05, 3.63) is 24.2 Å². The van der Waals surface area contributed by atoms with Crippen LogP contribution in [0.2, 0.25) is 0 Å². The van der Waals surface area contributed by atoms with Gasteiger partial charge < -0.3 is 18.8 Å². The molecule has 3 aliphatic heterocycles. The van der Waals surface area contributed by atoms with Gasteiger partial charge in [-0.15, -0.1) is 0 Å². The molecule has 0 radical (unpaired) electrons. The quantitative estimate of drug-likeness (QED) is 0.778. The van der Waals surface area contributed by atoms with Crippen molar-refractivity contribution in [1.29, 1.82) is 0 Å². The molecule has 0 aromatic carbocycles. The third kappa shape index (κ3) is 3.51. The molecule has 7 nitrogen and oxygen atoms in total. The van der Waals surface area contributed by atoms with E-state index in [-0.39, 0.29) is 11.8 Å². The largest absolute Gasteiger partial charge is 0.509 e. The number of amides is 1. The first-order chi connectivity index (χ1) is 12.1. The van der Waals surface area contributed by atoms with Gasteiger partial charge in [-0.1, -0.05) is 0 Å². The third-order valence-corrected chi connectivity index (χ3v) is 5.55. The fraction of sp³-hybridized carbons (Fsp3) is 0.667. The minimum Gasteiger partial charge on any atom is -0.468 e. The summed E-state index contributed by atoms with van der Waals surface area (Å²) in [5.74, 6) is 1.21.